The molecule has 8 heteroatoms. The van der Waals surface area contributed by atoms with Crippen LogP contribution in [0.5, 0.6) is 0 Å². The highest BCUT2D eigenvalue weighted by Gasteiger charge is 2.12. The van der Waals surface area contributed by atoms with E-state index in [1.54, 1.807) is 28.9 Å². The number of nitrogens with zero attached hydrogens (tertiary/aromatic N) is 4. The summed E-state index contributed by atoms with van der Waals surface area (Å²) >= 11 is 18.0. The van der Waals surface area contributed by atoms with E-state index in [9.17, 15) is 4.79 Å². The average Bonchev–Trinajstić information content (AvgIpc) is 3.05. The molecule has 2 aromatic heterocycles. The Morgan fingerprint density at radius 2 is 1.85 bits per heavy atom. The van der Waals surface area contributed by atoms with Gasteiger partial charge in [-0.1, -0.05) is 46.9 Å². The van der Waals surface area contributed by atoms with Crippen LogP contribution < -0.4 is 5.56 Å². The lowest BCUT2D eigenvalue weighted by atomic mass is 10.2. The number of halogens is 3. The highest BCUT2D eigenvalue weighted by molar-refractivity contribution is 6.42. The highest BCUT2D eigenvalue weighted by Crippen LogP contribution is 2.23. The number of rotatable bonds is 3. The van der Waals surface area contributed by atoms with Gasteiger partial charge in [-0.15, -0.1) is 0 Å². The van der Waals surface area contributed by atoms with Crippen LogP contribution in [-0.4, -0.2) is 19.3 Å². The predicted molar refractivity (Wildman–Crippen MR) is 104 cm³/mol. The molecule has 4 aromatic rings. The third kappa shape index (κ3) is 3.09. The van der Waals surface area contributed by atoms with Crippen LogP contribution >= 0.6 is 34.8 Å². The molecule has 0 aliphatic carbocycles. The molecule has 0 N–H and O–H groups in total. The quantitative estimate of drug-likeness (QED) is 0.501. The van der Waals surface area contributed by atoms with Crippen LogP contribution in [0.15, 0.2) is 59.8 Å². The van der Waals surface area contributed by atoms with Gasteiger partial charge in [-0.05, 0) is 35.9 Å². The van der Waals surface area contributed by atoms with E-state index in [0.717, 1.165) is 11.3 Å². The van der Waals surface area contributed by atoms with Crippen LogP contribution in [0.2, 0.25) is 15.1 Å². The predicted octanol–water partition coefficient (Wildman–Crippen LogP) is 4.59. The molecule has 0 radical (unpaired) electrons. The SMILES string of the molecule is O=c1c2cnn(-c3cccc(Cl)c3)c2ncn1Cc1ccc(Cl)c(Cl)c1. The maximum atomic E-state index is 12.8. The van der Waals surface area contributed by atoms with Crippen molar-refractivity contribution in [2.45, 2.75) is 6.54 Å². The van der Waals surface area contributed by atoms with Crippen molar-refractivity contribution in [1.82, 2.24) is 19.3 Å². The molecule has 0 aliphatic rings. The molecule has 2 aromatic carbocycles. The zero-order valence-electron chi connectivity index (χ0n) is 13.2. The van der Waals surface area contributed by atoms with Crippen molar-refractivity contribution in [3.63, 3.8) is 0 Å². The maximum absolute atomic E-state index is 12.8. The minimum absolute atomic E-state index is 0.186. The fraction of sp³-hybridized carbons (Fsp3) is 0.0556. The van der Waals surface area contributed by atoms with Gasteiger partial charge in [0, 0.05) is 5.02 Å². The Bertz CT molecular complexity index is 1180. The maximum Gasteiger partial charge on any atom is 0.264 e. The lowest BCUT2D eigenvalue weighted by molar-refractivity contribution is 0.745. The van der Waals surface area contributed by atoms with Gasteiger partial charge in [-0.3, -0.25) is 9.36 Å². The van der Waals surface area contributed by atoms with Crippen LogP contribution in [0.3, 0.4) is 0 Å². The Hall–Kier alpha value is -2.34. The van der Waals surface area contributed by atoms with Crippen molar-refractivity contribution in [3.05, 3.63) is 86.0 Å². The summed E-state index contributed by atoms with van der Waals surface area (Å²) in [6.45, 7) is 0.334. The van der Waals surface area contributed by atoms with Crippen LogP contribution in [-0.2, 0) is 6.54 Å². The summed E-state index contributed by atoms with van der Waals surface area (Å²) in [5.74, 6) is 0. The van der Waals surface area contributed by atoms with E-state index >= 15 is 0 Å². The smallest absolute Gasteiger partial charge is 0.264 e. The van der Waals surface area contributed by atoms with Gasteiger partial charge in [-0.25, -0.2) is 9.67 Å². The molecule has 0 spiro atoms. The number of hydrogen-bond donors (Lipinski definition) is 0. The minimum Gasteiger partial charge on any atom is -0.294 e. The minimum atomic E-state index is -0.186. The summed E-state index contributed by atoms with van der Waals surface area (Å²) in [7, 11) is 0. The van der Waals surface area contributed by atoms with Gasteiger partial charge in [0.1, 0.15) is 11.7 Å². The van der Waals surface area contributed by atoms with E-state index in [4.69, 9.17) is 34.8 Å². The monoisotopic (exact) mass is 404 g/mol. The molecule has 0 atom stereocenters. The van der Waals surface area contributed by atoms with Crippen molar-refractivity contribution in [2.75, 3.05) is 0 Å². The topological polar surface area (TPSA) is 52.7 Å². The normalized spacial score (nSPS) is 11.2. The van der Waals surface area contributed by atoms with Gasteiger partial charge in [0.15, 0.2) is 5.65 Å². The van der Waals surface area contributed by atoms with E-state index in [0.29, 0.717) is 32.6 Å². The van der Waals surface area contributed by atoms with E-state index in [1.807, 2.05) is 18.2 Å². The summed E-state index contributed by atoms with van der Waals surface area (Å²) in [5.41, 5.74) is 1.88. The van der Waals surface area contributed by atoms with Gasteiger partial charge < -0.3 is 0 Å². The summed E-state index contributed by atoms with van der Waals surface area (Å²) in [6, 6.07) is 12.5. The fourth-order valence-corrected chi connectivity index (χ4v) is 3.20. The van der Waals surface area contributed by atoms with Crippen molar-refractivity contribution in [2.24, 2.45) is 0 Å². The first-order valence-electron chi connectivity index (χ1n) is 7.66. The zero-order chi connectivity index (χ0) is 18.3. The van der Waals surface area contributed by atoms with E-state index < -0.39 is 0 Å². The van der Waals surface area contributed by atoms with E-state index in [2.05, 4.69) is 10.1 Å². The average molecular weight is 406 g/mol. The van der Waals surface area contributed by atoms with Gasteiger partial charge >= 0.3 is 0 Å². The number of benzene rings is 2. The molecule has 4 rings (SSSR count). The Balaban J connectivity index is 1.76. The highest BCUT2D eigenvalue weighted by atomic mass is 35.5. The van der Waals surface area contributed by atoms with Crippen LogP contribution in [0.25, 0.3) is 16.7 Å². The Labute approximate surface area is 163 Å². The molecule has 0 bridgehead atoms. The molecule has 0 amide bonds. The molecule has 26 heavy (non-hydrogen) atoms. The Kier molecular flexibility index (Phi) is 4.44. The van der Waals surface area contributed by atoms with Crippen molar-refractivity contribution in [1.29, 1.82) is 0 Å². The molecular formula is C18H11Cl3N4O. The Morgan fingerprint density at radius 1 is 1.00 bits per heavy atom. The largest absolute Gasteiger partial charge is 0.294 e. The van der Waals surface area contributed by atoms with Gasteiger partial charge in [0.2, 0.25) is 0 Å². The standard InChI is InChI=1S/C18H11Cl3N4O/c19-12-2-1-3-13(7-12)25-17-14(8-23-25)18(26)24(10-22-17)9-11-4-5-15(20)16(21)6-11/h1-8,10H,9H2. The fourth-order valence-electron chi connectivity index (χ4n) is 2.69. The molecular weight excluding hydrogens is 395 g/mol. The van der Waals surface area contributed by atoms with Crippen LogP contribution in [0.4, 0.5) is 0 Å². The summed E-state index contributed by atoms with van der Waals surface area (Å²) in [6.07, 6.45) is 3.01. The molecule has 0 aliphatic heterocycles. The molecule has 0 saturated carbocycles. The number of fused-ring (bicyclic) bond motifs is 1. The lowest BCUT2D eigenvalue weighted by Gasteiger charge is -2.07. The first kappa shape index (κ1) is 17.1. The van der Waals surface area contributed by atoms with Gasteiger partial charge in [0.05, 0.1) is 28.5 Å². The van der Waals surface area contributed by atoms with E-state index in [1.165, 1.54) is 17.1 Å². The first-order chi connectivity index (χ1) is 12.5. The molecule has 5 nitrogen and oxygen atoms in total. The van der Waals surface area contributed by atoms with Crippen LogP contribution in [0, 0.1) is 0 Å². The van der Waals surface area contributed by atoms with Gasteiger partial charge in [0.25, 0.3) is 5.56 Å². The third-order valence-electron chi connectivity index (χ3n) is 3.94. The summed E-state index contributed by atoms with van der Waals surface area (Å²) in [4.78, 5) is 17.2. The second kappa shape index (κ2) is 6.76. The van der Waals surface area contributed by atoms with E-state index in [-0.39, 0.29) is 5.56 Å². The van der Waals surface area contributed by atoms with Gasteiger partial charge in [-0.2, -0.15) is 5.10 Å². The summed E-state index contributed by atoms with van der Waals surface area (Å²) in [5, 5.41) is 6.21. The molecule has 130 valence electrons. The van der Waals surface area contributed by atoms with Crippen molar-refractivity contribution >= 4 is 45.8 Å². The number of aromatic nitrogens is 4. The molecule has 0 fully saturated rings. The number of hydrogen-bond acceptors (Lipinski definition) is 3. The second-order valence-corrected chi connectivity index (χ2v) is 6.95. The van der Waals surface area contributed by atoms with Crippen molar-refractivity contribution < 1.29 is 0 Å². The second-order valence-electron chi connectivity index (χ2n) is 5.70. The molecule has 0 unspecified atom stereocenters. The molecule has 0 saturated heterocycles. The summed E-state index contributed by atoms with van der Waals surface area (Å²) < 4.78 is 3.10. The Morgan fingerprint density at radius 3 is 2.62 bits per heavy atom. The van der Waals surface area contributed by atoms with Crippen molar-refractivity contribution in [3.8, 4) is 5.69 Å². The molecule has 2 heterocycles. The van der Waals surface area contributed by atoms with Crippen LogP contribution in [0.1, 0.15) is 5.56 Å². The lowest BCUT2D eigenvalue weighted by Crippen LogP contribution is -2.21. The first-order valence-corrected chi connectivity index (χ1v) is 8.79. The third-order valence-corrected chi connectivity index (χ3v) is 4.92. The zero-order valence-corrected chi connectivity index (χ0v) is 15.5.